The second-order valence-corrected chi connectivity index (χ2v) is 6.73. The highest BCUT2D eigenvalue weighted by Crippen LogP contribution is 2.35. The van der Waals surface area contributed by atoms with Gasteiger partial charge in [-0.15, -0.1) is 0 Å². The topological polar surface area (TPSA) is 41.6 Å². The molecule has 0 radical (unpaired) electrons. The van der Waals surface area contributed by atoms with Crippen molar-refractivity contribution >= 4 is 23.2 Å². The number of carbonyl (C=O) groups is 1. The molecule has 0 spiro atoms. The van der Waals surface area contributed by atoms with Crippen LogP contribution in [0.3, 0.4) is 0 Å². The maximum atomic E-state index is 12.3. The van der Waals surface area contributed by atoms with E-state index in [1.165, 1.54) is 19.3 Å². The van der Waals surface area contributed by atoms with Gasteiger partial charge in [0.05, 0.1) is 18.2 Å². The first-order valence-corrected chi connectivity index (χ1v) is 8.46. The molecule has 0 aromatic heterocycles. The van der Waals surface area contributed by atoms with Crippen molar-refractivity contribution < 1.29 is 9.53 Å². The highest BCUT2D eigenvalue weighted by Gasteiger charge is 2.27. The summed E-state index contributed by atoms with van der Waals surface area (Å²) in [4.78, 5) is 14.4. The number of rotatable bonds is 3. The average molecular weight is 323 g/mol. The van der Waals surface area contributed by atoms with Crippen LogP contribution in [0.2, 0.25) is 5.02 Å². The summed E-state index contributed by atoms with van der Waals surface area (Å²) >= 11 is 6.06. The van der Waals surface area contributed by atoms with Gasteiger partial charge in [-0.3, -0.25) is 4.79 Å². The van der Waals surface area contributed by atoms with E-state index in [2.05, 4.69) is 10.2 Å². The number of nitrogens with one attached hydrogen (secondary N) is 1. The molecule has 120 valence electrons. The molecule has 1 saturated carbocycles. The Kier molecular flexibility index (Phi) is 4.77. The van der Waals surface area contributed by atoms with Gasteiger partial charge in [-0.25, -0.2) is 0 Å². The highest BCUT2D eigenvalue weighted by molar-refractivity contribution is 6.31. The molecule has 0 bridgehead atoms. The van der Waals surface area contributed by atoms with Gasteiger partial charge in [0.1, 0.15) is 12.4 Å². The van der Waals surface area contributed by atoms with Crippen LogP contribution in [0.1, 0.15) is 38.5 Å². The number of hydrogen-bond acceptors (Lipinski definition) is 3. The van der Waals surface area contributed by atoms with E-state index in [9.17, 15) is 4.79 Å². The predicted octanol–water partition coefficient (Wildman–Crippen LogP) is 3.38. The number of likely N-dealkylation sites (N-methyl/N-ethyl adjacent to an activating group) is 1. The molecule has 1 aromatic rings. The first kappa shape index (κ1) is 15.5. The van der Waals surface area contributed by atoms with E-state index in [-0.39, 0.29) is 11.9 Å². The lowest BCUT2D eigenvalue weighted by Gasteiger charge is -2.36. The molecule has 0 saturated heterocycles. The van der Waals surface area contributed by atoms with Crippen molar-refractivity contribution in [3.63, 3.8) is 0 Å². The molecule has 4 nitrogen and oxygen atoms in total. The number of hydrogen-bond donors (Lipinski definition) is 1. The van der Waals surface area contributed by atoms with Crippen molar-refractivity contribution in [1.29, 1.82) is 0 Å². The van der Waals surface area contributed by atoms with E-state index >= 15 is 0 Å². The summed E-state index contributed by atoms with van der Waals surface area (Å²) in [5, 5.41) is 3.86. The van der Waals surface area contributed by atoms with Crippen molar-refractivity contribution in [2.75, 3.05) is 18.6 Å². The number of halogens is 1. The number of anilines is 1. The van der Waals surface area contributed by atoms with Crippen LogP contribution in [0.4, 0.5) is 5.69 Å². The van der Waals surface area contributed by atoms with Crippen LogP contribution in [-0.4, -0.2) is 31.6 Å². The maximum Gasteiger partial charge on any atom is 0.222 e. The minimum atomic E-state index is 0.0505. The molecule has 1 aromatic carbocycles. The molecule has 1 N–H and O–H groups in total. The van der Waals surface area contributed by atoms with Crippen LogP contribution in [0, 0.1) is 0 Å². The summed E-state index contributed by atoms with van der Waals surface area (Å²) in [6.07, 6.45) is 6.43. The van der Waals surface area contributed by atoms with Gasteiger partial charge in [0.2, 0.25) is 5.91 Å². The molecule has 1 atom stereocenters. The molecule has 1 heterocycles. The van der Waals surface area contributed by atoms with Crippen molar-refractivity contribution in [3.8, 4) is 5.75 Å². The number of carbonyl (C=O) groups excluding carboxylic acids is 1. The number of fused-ring (bicyclic) bond motifs is 1. The zero-order valence-electron chi connectivity index (χ0n) is 13.0. The van der Waals surface area contributed by atoms with E-state index in [1.54, 1.807) is 0 Å². The smallest absolute Gasteiger partial charge is 0.222 e. The SMILES string of the molecule is CN1c2cc(Cl)ccc2OCC1CC(=O)NC1CCCCC1. The second-order valence-electron chi connectivity index (χ2n) is 6.29. The molecule has 5 heteroatoms. The Hall–Kier alpha value is -1.42. The van der Waals surface area contributed by atoms with Crippen LogP contribution in [0.25, 0.3) is 0 Å². The lowest BCUT2D eigenvalue weighted by Crippen LogP contribution is -2.45. The second kappa shape index (κ2) is 6.78. The van der Waals surface area contributed by atoms with Crippen molar-refractivity contribution in [1.82, 2.24) is 5.32 Å². The molecule has 1 amide bonds. The van der Waals surface area contributed by atoms with Gasteiger partial charge < -0.3 is 15.0 Å². The Bertz CT molecular complexity index is 543. The molecule has 22 heavy (non-hydrogen) atoms. The summed E-state index contributed by atoms with van der Waals surface area (Å²) in [6, 6.07) is 6.01. The Morgan fingerprint density at radius 2 is 2.14 bits per heavy atom. The van der Waals surface area contributed by atoms with Crippen LogP contribution in [0.5, 0.6) is 5.75 Å². The first-order valence-electron chi connectivity index (χ1n) is 8.08. The monoisotopic (exact) mass is 322 g/mol. The van der Waals surface area contributed by atoms with Gasteiger partial charge >= 0.3 is 0 Å². The summed E-state index contributed by atoms with van der Waals surface area (Å²) in [7, 11) is 2.00. The molecule has 3 rings (SSSR count). The summed E-state index contributed by atoms with van der Waals surface area (Å²) in [6.45, 7) is 0.531. The summed E-state index contributed by atoms with van der Waals surface area (Å²) < 4.78 is 5.77. The third kappa shape index (κ3) is 3.49. The van der Waals surface area contributed by atoms with Gasteiger partial charge in [0, 0.05) is 18.1 Å². The van der Waals surface area contributed by atoms with Gasteiger partial charge in [0.15, 0.2) is 0 Å². The molecule has 1 fully saturated rings. The van der Waals surface area contributed by atoms with Gasteiger partial charge in [-0.1, -0.05) is 30.9 Å². The first-order chi connectivity index (χ1) is 10.6. The fourth-order valence-corrected chi connectivity index (χ4v) is 3.49. The van der Waals surface area contributed by atoms with E-state index in [1.807, 2.05) is 25.2 Å². The minimum Gasteiger partial charge on any atom is -0.489 e. The Balaban J connectivity index is 1.60. The fraction of sp³-hybridized carbons (Fsp3) is 0.588. The summed E-state index contributed by atoms with van der Waals surface area (Å²) in [5.74, 6) is 0.952. The van der Waals surface area contributed by atoms with Crippen LogP contribution >= 0.6 is 11.6 Å². The number of ether oxygens (including phenoxy) is 1. The molecule has 2 aliphatic rings. The zero-order valence-corrected chi connectivity index (χ0v) is 13.7. The van der Waals surface area contributed by atoms with Crippen LogP contribution in [0.15, 0.2) is 18.2 Å². The maximum absolute atomic E-state index is 12.3. The quantitative estimate of drug-likeness (QED) is 0.927. The lowest BCUT2D eigenvalue weighted by molar-refractivity contribution is -0.122. The normalized spacial score (nSPS) is 21.9. The molecular formula is C17H23ClN2O2. The van der Waals surface area contributed by atoms with E-state index < -0.39 is 0 Å². The van der Waals surface area contributed by atoms with Gasteiger partial charge in [-0.05, 0) is 31.0 Å². The lowest BCUT2D eigenvalue weighted by atomic mass is 9.95. The van der Waals surface area contributed by atoms with Crippen molar-refractivity contribution in [2.24, 2.45) is 0 Å². The average Bonchev–Trinajstić information content (AvgIpc) is 2.51. The van der Waals surface area contributed by atoms with Gasteiger partial charge in [0.25, 0.3) is 0 Å². The molecule has 1 aliphatic carbocycles. The standard InChI is InChI=1S/C17H23ClN2O2/c1-20-14(10-17(21)19-13-5-3-2-4-6-13)11-22-16-8-7-12(18)9-15(16)20/h7-9,13-14H,2-6,10-11H2,1H3,(H,19,21). The zero-order chi connectivity index (χ0) is 15.5. The third-order valence-electron chi connectivity index (χ3n) is 4.67. The van der Waals surface area contributed by atoms with Crippen LogP contribution in [-0.2, 0) is 4.79 Å². The third-order valence-corrected chi connectivity index (χ3v) is 4.91. The van der Waals surface area contributed by atoms with E-state index in [0.29, 0.717) is 24.1 Å². The predicted molar refractivity (Wildman–Crippen MR) is 88.8 cm³/mol. The van der Waals surface area contributed by atoms with Gasteiger partial charge in [-0.2, -0.15) is 0 Å². The van der Waals surface area contributed by atoms with E-state index in [0.717, 1.165) is 24.3 Å². The molecule has 1 aliphatic heterocycles. The molecule has 1 unspecified atom stereocenters. The largest absolute Gasteiger partial charge is 0.489 e. The van der Waals surface area contributed by atoms with Crippen LogP contribution < -0.4 is 15.0 Å². The Labute approximate surface area is 136 Å². The minimum absolute atomic E-state index is 0.0505. The number of benzene rings is 1. The molecular weight excluding hydrogens is 300 g/mol. The van der Waals surface area contributed by atoms with Crippen molar-refractivity contribution in [3.05, 3.63) is 23.2 Å². The van der Waals surface area contributed by atoms with Crippen molar-refractivity contribution in [2.45, 2.75) is 50.6 Å². The summed E-state index contributed by atoms with van der Waals surface area (Å²) in [5.41, 5.74) is 0.953. The number of amides is 1. The Morgan fingerprint density at radius 1 is 1.36 bits per heavy atom. The highest BCUT2D eigenvalue weighted by atomic mass is 35.5. The van der Waals surface area contributed by atoms with E-state index in [4.69, 9.17) is 16.3 Å². The number of nitrogens with zero attached hydrogens (tertiary/aromatic N) is 1. The Morgan fingerprint density at radius 3 is 2.91 bits per heavy atom. The fourth-order valence-electron chi connectivity index (χ4n) is 3.33.